The van der Waals surface area contributed by atoms with E-state index in [0.717, 1.165) is 33.7 Å². The van der Waals surface area contributed by atoms with E-state index in [1.165, 1.54) is 0 Å². The molecule has 1 heterocycles. The number of hydrogen-bond donors (Lipinski definition) is 2. The van der Waals surface area contributed by atoms with Gasteiger partial charge in [-0.1, -0.05) is 48.5 Å². The Morgan fingerprint density at radius 2 is 1.56 bits per heavy atom. The second-order valence-corrected chi connectivity index (χ2v) is 6.07. The van der Waals surface area contributed by atoms with E-state index < -0.39 is 0 Å². The summed E-state index contributed by atoms with van der Waals surface area (Å²) in [5.41, 5.74) is 2.90. The monoisotopic (exact) mass is 356 g/mol. The predicted octanol–water partition coefficient (Wildman–Crippen LogP) is 4.99. The van der Waals surface area contributed by atoms with Crippen LogP contribution in [0.15, 0.2) is 78.9 Å². The number of hydrogen-bond acceptors (Lipinski definition) is 5. The predicted molar refractivity (Wildman–Crippen MR) is 110 cm³/mol. The van der Waals surface area contributed by atoms with Gasteiger partial charge in [0.25, 0.3) is 0 Å². The van der Waals surface area contributed by atoms with Crippen molar-refractivity contribution in [3.05, 3.63) is 84.4 Å². The van der Waals surface area contributed by atoms with Crippen molar-refractivity contribution >= 4 is 28.4 Å². The molecule has 0 aliphatic heterocycles. The molecule has 0 saturated heterocycles. The molecule has 27 heavy (non-hydrogen) atoms. The molecule has 5 heteroatoms. The fraction of sp³-hybridized carbons (Fsp3) is 0.0909. The molecular weight excluding hydrogens is 336 g/mol. The van der Waals surface area contributed by atoms with Crippen molar-refractivity contribution in [2.24, 2.45) is 0 Å². The lowest BCUT2D eigenvalue weighted by Crippen LogP contribution is -2.06. The molecule has 2 N–H and O–H groups in total. The highest BCUT2D eigenvalue weighted by atomic mass is 16.5. The van der Waals surface area contributed by atoms with Gasteiger partial charge in [-0.25, -0.2) is 4.98 Å². The van der Waals surface area contributed by atoms with Gasteiger partial charge >= 0.3 is 0 Å². The third kappa shape index (κ3) is 3.82. The van der Waals surface area contributed by atoms with Crippen molar-refractivity contribution in [3.63, 3.8) is 0 Å². The molecule has 0 spiro atoms. The lowest BCUT2D eigenvalue weighted by Gasteiger charge is -2.13. The van der Waals surface area contributed by atoms with E-state index in [2.05, 4.69) is 15.6 Å². The topological polar surface area (TPSA) is 59.1 Å². The Kier molecular flexibility index (Phi) is 4.83. The van der Waals surface area contributed by atoms with Crippen LogP contribution < -0.4 is 15.4 Å². The summed E-state index contributed by atoms with van der Waals surface area (Å²) < 4.78 is 5.44. The van der Waals surface area contributed by atoms with Gasteiger partial charge in [-0.2, -0.15) is 4.98 Å². The van der Waals surface area contributed by atoms with Gasteiger partial charge < -0.3 is 15.4 Å². The molecule has 0 radical (unpaired) electrons. The number of methoxy groups -OCH3 is 1. The third-order valence-corrected chi connectivity index (χ3v) is 4.27. The van der Waals surface area contributed by atoms with Crippen LogP contribution in [-0.4, -0.2) is 17.1 Å². The number of para-hydroxylation sites is 3. The number of rotatable bonds is 6. The van der Waals surface area contributed by atoms with E-state index in [1.807, 2.05) is 78.9 Å². The van der Waals surface area contributed by atoms with Crippen LogP contribution in [-0.2, 0) is 6.54 Å². The molecule has 3 aromatic carbocycles. The highest BCUT2D eigenvalue weighted by molar-refractivity contribution is 5.90. The Labute approximate surface area is 158 Å². The number of nitrogens with zero attached hydrogens (tertiary/aromatic N) is 2. The van der Waals surface area contributed by atoms with Gasteiger partial charge in [0.05, 0.1) is 12.6 Å². The Hall–Kier alpha value is -3.60. The van der Waals surface area contributed by atoms with Gasteiger partial charge in [0.1, 0.15) is 11.6 Å². The summed E-state index contributed by atoms with van der Waals surface area (Å²) >= 11 is 0. The number of ether oxygens (including phenoxy) is 1. The zero-order chi connectivity index (χ0) is 18.5. The van der Waals surface area contributed by atoms with Crippen LogP contribution in [0.2, 0.25) is 0 Å². The third-order valence-electron chi connectivity index (χ3n) is 4.27. The normalized spacial score (nSPS) is 10.6. The van der Waals surface area contributed by atoms with Crippen LogP contribution in [0.1, 0.15) is 5.56 Å². The van der Waals surface area contributed by atoms with Crippen molar-refractivity contribution in [1.82, 2.24) is 9.97 Å². The van der Waals surface area contributed by atoms with Crippen LogP contribution in [0.3, 0.4) is 0 Å². The molecule has 4 aromatic rings. The number of nitrogens with one attached hydrogen (secondary N) is 2. The average molecular weight is 356 g/mol. The van der Waals surface area contributed by atoms with Crippen LogP contribution >= 0.6 is 0 Å². The highest BCUT2D eigenvalue weighted by Crippen LogP contribution is 2.25. The average Bonchev–Trinajstić information content (AvgIpc) is 2.73. The highest BCUT2D eigenvalue weighted by Gasteiger charge is 2.09. The molecule has 5 nitrogen and oxygen atoms in total. The van der Waals surface area contributed by atoms with E-state index >= 15 is 0 Å². The minimum absolute atomic E-state index is 0.558. The minimum Gasteiger partial charge on any atom is -0.496 e. The van der Waals surface area contributed by atoms with Crippen molar-refractivity contribution in [2.45, 2.75) is 6.54 Å². The molecule has 0 unspecified atom stereocenters. The number of aromatic nitrogens is 2. The first kappa shape index (κ1) is 16.8. The van der Waals surface area contributed by atoms with Crippen LogP contribution in [0.5, 0.6) is 5.75 Å². The lowest BCUT2D eigenvalue weighted by molar-refractivity contribution is 0.410. The summed E-state index contributed by atoms with van der Waals surface area (Å²) in [5.74, 6) is 2.19. The van der Waals surface area contributed by atoms with E-state index in [0.29, 0.717) is 12.5 Å². The van der Waals surface area contributed by atoms with Gasteiger partial charge in [-0.15, -0.1) is 0 Å². The van der Waals surface area contributed by atoms with Gasteiger partial charge in [0.15, 0.2) is 0 Å². The molecular formula is C22H20N4O. The maximum atomic E-state index is 5.44. The summed E-state index contributed by atoms with van der Waals surface area (Å²) in [4.78, 5) is 9.33. The van der Waals surface area contributed by atoms with E-state index in [9.17, 15) is 0 Å². The smallest absolute Gasteiger partial charge is 0.229 e. The molecule has 4 rings (SSSR count). The largest absolute Gasteiger partial charge is 0.496 e. The lowest BCUT2D eigenvalue weighted by atomic mass is 10.2. The van der Waals surface area contributed by atoms with E-state index in [4.69, 9.17) is 9.72 Å². The van der Waals surface area contributed by atoms with Gasteiger partial charge in [-0.3, -0.25) is 0 Å². The molecule has 0 aliphatic rings. The molecule has 0 bridgehead atoms. The molecule has 1 aromatic heterocycles. The van der Waals surface area contributed by atoms with Crippen molar-refractivity contribution in [2.75, 3.05) is 17.7 Å². The zero-order valence-electron chi connectivity index (χ0n) is 15.0. The standard InChI is InChI=1S/C22H20N4O/c1-27-20-14-8-5-9-16(20)15-23-21-18-12-6-7-13-19(18)25-22(26-21)24-17-10-3-2-4-11-17/h2-14H,15H2,1H3,(H2,23,24,25,26). The van der Waals surface area contributed by atoms with Gasteiger partial charge in [-0.05, 0) is 30.3 Å². The Balaban J connectivity index is 1.66. The molecule has 0 amide bonds. The molecule has 0 atom stereocenters. The summed E-state index contributed by atoms with van der Waals surface area (Å²) in [7, 11) is 1.68. The maximum Gasteiger partial charge on any atom is 0.229 e. The second kappa shape index (κ2) is 7.74. The van der Waals surface area contributed by atoms with Crippen LogP contribution in [0, 0.1) is 0 Å². The van der Waals surface area contributed by atoms with Gasteiger partial charge in [0.2, 0.25) is 5.95 Å². The molecule has 134 valence electrons. The summed E-state index contributed by atoms with van der Waals surface area (Å²) in [6.45, 7) is 0.607. The number of benzene rings is 3. The SMILES string of the molecule is COc1ccccc1CNc1nc(Nc2ccccc2)nc2ccccc12. The number of anilines is 3. The molecule has 0 saturated carbocycles. The minimum atomic E-state index is 0.558. The van der Waals surface area contributed by atoms with Gasteiger partial charge in [0, 0.05) is 23.2 Å². The van der Waals surface area contributed by atoms with Crippen LogP contribution in [0.25, 0.3) is 10.9 Å². The summed E-state index contributed by atoms with van der Waals surface area (Å²) in [6, 6.07) is 25.8. The fourth-order valence-electron chi connectivity index (χ4n) is 2.95. The second-order valence-electron chi connectivity index (χ2n) is 6.07. The maximum absolute atomic E-state index is 5.44. The summed E-state index contributed by atoms with van der Waals surface area (Å²) in [6.07, 6.45) is 0. The van der Waals surface area contributed by atoms with E-state index in [-0.39, 0.29) is 0 Å². The zero-order valence-corrected chi connectivity index (χ0v) is 15.0. The Morgan fingerprint density at radius 3 is 2.41 bits per heavy atom. The number of fused-ring (bicyclic) bond motifs is 1. The Morgan fingerprint density at radius 1 is 0.815 bits per heavy atom. The Bertz CT molecular complexity index is 1050. The van der Waals surface area contributed by atoms with Crippen LogP contribution in [0.4, 0.5) is 17.5 Å². The summed E-state index contributed by atoms with van der Waals surface area (Å²) in [5, 5.41) is 7.68. The van der Waals surface area contributed by atoms with E-state index in [1.54, 1.807) is 7.11 Å². The fourth-order valence-corrected chi connectivity index (χ4v) is 2.95. The molecule has 0 aliphatic carbocycles. The van der Waals surface area contributed by atoms with Crippen molar-refractivity contribution in [1.29, 1.82) is 0 Å². The quantitative estimate of drug-likeness (QED) is 0.509. The first-order chi connectivity index (χ1) is 13.3. The molecule has 0 fully saturated rings. The first-order valence-electron chi connectivity index (χ1n) is 8.78. The van der Waals surface area contributed by atoms with Crippen molar-refractivity contribution < 1.29 is 4.74 Å². The van der Waals surface area contributed by atoms with Crippen molar-refractivity contribution in [3.8, 4) is 5.75 Å². The first-order valence-corrected chi connectivity index (χ1v) is 8.78.